The van der Waals surface area contributed by atoms with E-state index in [1.54, 1.807) is 17.3 Å². The molecular weight excluding hydrogens is 460 g/mol. The lowest BCUT2D eigenvalue weighted by Gasteiger charge is -2.17. The largest absolute Gasteiger partial charge is 0.490 e. The van der Waals surface area contributed by atoms with Gasteiger partial charge < -0.3 is 20.6 Å². The topological polar surface area (TPSA) is 112 Å². The van der Waals surface area contributed by atoms with Crippen LogP contribution in [0.2, 0.25) is 0 Å². The number of benzene rings is 1. The van der Waals surface area contributed by atoms with Crippen molar-refractivity contribution in [1.82, 2.24) is 15.2 Å². The zero-order chi connectivity index (χ0) is 24.9. The second-order valence-electron chi connectivity index (χ2n) is 8.10. The summed E-state index contributed by atoms with van der Waals surface area (Å²) < 4.78 is 44.7. The Kier molecular flexibility index (Phi) is 7.38. The van der Waals surface area contributed by atoms with E-state index in [9.17, 15) is 27.2 Å². The Morgan fingerprint density at radius 2 is 1.74 bits per heavy atom. The van der Waals surface area contributed by atoms with E-state index in [-0.39, 0.29) is 29.1 Å². The number of aliphatic carboxylic acids is 1. The van der Waals surface area contributed by atoms with Crippen LogP contribution in [0.3, 0.4) is 0 Å². The maximum absolute atomic E-state index is 13.0. The Labute approximate surface area is 192 Å². The highest BCUT2D eigenvalue weighted by Crippen LogP contribution is 2.58. The third-order valence-electron chi connectivity index (χ3n) is 5.73. The van der Waals surface area contributed by atoms with Crippen LogP contribution in [0, 0.1) is 17.2 Å². The highest BCUT2D eigenvalue weighted by molar-refractivity contribution is 5.90. The second kappa shape index (κ2) is 10.1. The summed E-state index contributed by atoms with van der Waals surface area (Å²) in [6, 6.07) is 9.23. The number of carbonyl (C=O) groups excluding carboxylic acids is 2. The van der Waals surface area contributed by atoms with Gasteiger partial charge in [-0.15, -0.1) is 0 Å². The number of rotatable bonds is 4. The Morgan fingerprint density at radius 3 is 2.32 bits per heavy atom. The van der Waals surface area contributed by atoms with Gasteiger partial charge in [-0.3, -0.25) is 9.78 Å². The van der Waals surface area contributed by atoms with Crippen molar-refractivity contribution in [3.8, 4) is 0 Å². The number of anilines is 1. The van der Waals surface area contributed by atoms with Gasteiger partial charge in [-0.2, -0.15) is 13.2 Å². The number of alkyl halides is 3. The average molecular weight is 482 g/mol. The van der Waals surface area contributed by atoms with E-state index in [2.05, 4.69) is 15.6 Å². The molecular formula is C22H22F4N4O4. The number of carbonyl (C=O) groups is 3. The molecule has 2 atom stereocenters. The summed E-state index contributed by atoms with van der Waals surface area (Å²) in [5.74, 6) is -3.09. The molecule has 2 aliphatic rings. The lowest BCUT2D eigenvalue weighted by molar-refractivity contribution is -0.192. The monoisotopic (exact) mass is 482 g/mol. The van der Waals surface area contributed by atoms with E-state index in [1.807, 2.05) is 12.1 Å². The number of urea groups is 1. The van der Waals surface area contributed by atoms with Gasteiger partial charge in [-0.25, -0.2) is 14.0 Å². The van der Waals surface area contributed by atoms with Crippen LogP contribution in [0.1, 0.15) is 18.4 Å². The number of nitrogens with zero attached hydrogens (tertiary/aromatic N) is 2. The van der Waals surface area contributed by atoms with E-state index in [0.29, 0.717) is 25.3 Å². The minimum Gasteiger partial charge on any atom is -0.475 e. The first-order chi connectivity index (χ1) is 16.0. The number of hydrogen-bond donors (Lipinski definition) is 3. The quantitative estimate of drug-likeness (QED) is 0.579. The van der Waals surface area contributed by atoms with Crippen molar-refractivity contribution >= 4 is 23.6 Å². The molecule has 3 N–H and O–H groups in total. The lowest BCUT2D eigenvalue weighted by Crippen LogP contribution is -2.34. The molecule has 0 radical (unpaired) electrons. The van der Waals surface area contributed by atoms with Crippen molar-refractivity contribution < 1.29 is 37.1 Å². The van der Waals surface area contributed by atoms with Crippen molar-refractivity contribution in [2.24, 2.45) is 11.3 Å². The fraction of sp³-hybridized carbons (Fsp3) is 0.364. The summed E-state index contributed by atoms with van der Waals surface area (Å²) in [6.07, 6.45) is -0.0317. The SMILES string of the molecule is O=C(NCc1ccncc1)C1CC12CCN(C(=O)Nc1ccc(F)cc1)C2.O=C(O)C(F)(F)F. The fourth-order valence-electron chi connectivity index (χ4n) is 3.79. The number of hydrogen-bond acceptors (Lipinski definition) is 4. The van der Waals surface area contributed by atoms with E-state index in [1.165, 1.54) is 24.3 Å². The first kappa shape index (κ1) is 24.9. The third kappa shape index (κ3) is 6.42. The van der Waals surface area contributed by atoms with Gasteiger partial charge in [0.05, 0.1) is 0 Å². The summed E-state index contributed by atoms with van der Waals surface area (Å²) in [5.41, 5.74) is 1.48. The van der Waals surface area contributed by atoms with Crippen LogP contribution in [0.4, 0.5) is 28.0 Å². The molecule has 1 aliphatic carbocycles. The number of likely N-dealkylation sites (tertiary alicyclic amines) is 1. The van der Waals surface area contributed by atoms with E-state index >= 15 is 0 Å². The van der Waals surface area contributed by atoms with E-state index in [0.717, 1.165) is 18.4 Å². The molecule has 12 heteroatoms. The van der Waals surface area contributed by atoms with Crippen molar-refractivity contribution in [2.75, 3.05) is 18.4 Å². The van der Waals surface area contributed by atoms with Gasteiger partial charge in [-0.1, -0.05) is 0 Å². The number of amides is 3. The summed E-state index contributed by atoms with van der Waals surface area (Å²) in [6.45, 7) is 1.69. The lowest BCUT2D eigenvalue weighted by atomic mass is 10.0. The predicted octanol–water partition coefficient (Wildman–Crippen LogP) is 3.41. The molecule has 1 aromatic heterocycles. The van der Waals surface area contributed by atoms with Crippen LogP contribution in [0.25, 0.3) is 0 Å². The molecule has 0 bridgehead atoms. The number of pyridine rings is 1. The number of nitrogens with one attached hydrogen (secondary N) is 2. The van der Waals surface area contributed by atoms with Gasteiger partial charge >= 0.3 is 18.2 Å². The molecule has 2 aromatic rings. The molecule has 1 saturated heterocycles. The van der Waals surface area contributed by atoms with Crippen LogP contribution in [-0.2, 0) is 16.1 Å². The summed E-state index contributed by atoms with van der Waals surface area (Å²) in [4.78, 5) is 39.5. The number of halogens is 4. The fourth-order valence-corrected chi connectivity index (χ4v) is 3.79. The van der Waals surface area contributed by atoms with Crippen LogP contribution >= 0.6 is 0 Å². The molecule has 8 nitrogen and oxygen atoms in total. The van der Waals surface area contributed by atoms with Crippen LogP contribution < -0.4 is 10.6 Å². The van der Waals surface area contributed by atoms with Crippen LogP contribution in [0.15, 0.2) is 48.8 Å². The highest BCUT2D eigenvalue weighted by atomic mass is 19.4. The Bertz CT molecular complexity index is 1030. The van der Waals surface area contributed by atoms with Gasteiger partial charge in [0, 0.05) is 49.0 Å². The molecule has 182 valence electrons. The van der Waals surface area contributed by atoms with E-state index in [4.69, 9.17) is 9.90 Å². The molecule has 2 fully saturated rings. The molecule has 1 saturated carbocycles. The van der Waals surface area contributed by atoms with Gasteiger partial charge in [0.15, 0.2) is 0 Å². The molecule has 1 aromatic carbocycles. The van der Waals surface area contributed by atoms with Crippen molar-refractivity contribution in [3.05, 3.63) is 60.2 Å². The standard InChI is InChI=1S/C20H21FN4O2.C2HF3O2/c21-15-1-3-16(4-2-15)24-19(27)25-10-7-20(13-25)11-17(20)18(26)23-12-14-5-8-22-9-6-14;3-2(4,5)1(6)7/h1-6,8-9,17H,7,10-13H2,(H,23,26)(H,24,27);(H,6,7). The van der Waals surface area contributed by atoms with Crippen LogP contribution in [-0.4, -0.2) is 52.2 Å². The van der Waals surface area contributed by atoms with Gasteiger partial charge in [0.2, 0.25) is 5.91 Å². The highest BCUT2D eigenvalue weighted by Gasteiger charge is 2.61. The number of carboxylic acids is 1. The number of aromatic nitrogens is 1. The van der Waals surface area contributed by atoms with Gasteiger partial charge in [0.25, 0.3) is 0 Å². The van der Waals surface area contributed by atoms with Crippen LogP contribution in [0.5, 0.6) is 0 Å². The summed E-state index contributed by atoms with van der Waals surface area (Å²) in [5, 5.41) is 12.9. The first-order valence-electron chi connectivity index (χ1n) is 10.3. The maximum Gasteiger partial charge on any atom is 0.490 e. The van der Waals surface area contributed by atoms with Crippen molar-refractivity contribution in [3.63, 3.8) is 0 Å². The minimum absolute atomic E-state index is 0.0389. The smallest absolute Gasteiger partial charge is 0.475 e. The van der Waals surface area contributed by atoms with Crippen molar-refractivity contribution in [1.29, 1.82) is 0 Å². The Hall–Kier alpha value is -3.70. The average Bonchev–Trinajstić information content (AvgIpc) is 3.33. The second-order valence-corrected chi connectivity index (χ2v) is 8.10. The minimum atomic E-state index is -5.08. The zero-order valence-corrected chi connectivity index (χ0v) is 17.8. The predicted molar refractivity (Wildman–Crippen MR) is 112 cm³/mol. The Morgan fingerprint density at radius 1 is 1.12 bits per heavy atom. The van der Waals surface area contributed by atoms with Crippen molar-refractivity contribution in [2.45, 2.75) is 25.6 Å². The maximum atomic E-state index is 13.0. The molecule has 1 spiro atoms. The van der Waals surface area contributed by atoms with E-state index < -0.39 is 12.1 Å². The molecule has 2 heterocycles. The summed E-state index contributed by atoms with van der Waals surface area (Å²) >= 11 is 0. The molecule has 1 aliphatic heterocycles. The first-order valence-corrected chi connectivity index (χ1v) is 10.3. The van der Waals surface area contributed by atoms with Gasteiger partial charge in [0.1, 0.15) is 5.82 Å². The molecule has 3 amide bonds. The number of carboxylic acid groups (broad SMARTS) is 1. The Balaban J connectivity index is 0.000000406. The molecule has 34 heavy (non-hydrogen) atoms. The normalized spacial score (nSPS) is 20.8. The third-order valence-corrected chi connectivity index (χ3v) is 5.73. The molecule has 4 rings (SSSR count). The molecule has 2 unspecified atom stereocenters. The zero-order valence-electron chi connectivity index (χ0n) is 17.8. The van der Waals surface area contributed by atoms with Gasteiger partial charge in [-0.05, 0) is 54.8 Å². The summed E-state index contributed by atoms with van der Waals surface area (Å²) in [7, 11) is 0.